The Hall–Kier alpha value is -3.07. The molecule has 1 unspecified atom stereocenters. The second kappa shape index (κ2) is 10.4. The minimum Gasteiger partial charge on any atom is -0.339 e. The first kappa shape index (κ1) is 25.6. The molecule has 2 aromatic rings. The minimum atomic E-state index is -0.613. The molecule has 2 saturated carbocycles. The maximum Gasteiger partial charge on any atom is 0.323 e. The lowest BCUT2D eigenvalue weighted by Gasteiger charge is -2.42. The van der Waals surface area contributed by atoms with Crippen molar-refractivity contribution in [3.8, 4) is 0 Å². The third-order valence-corrected chi connectivity index (χ3v) is 8.78. The first-order valence-electron chi connectivity index (χ1n) is 13.7. The fraction of sp³-hybridized carbons (Fsp3) is 0.607. The molecule has 9 heteroatoms. The predicted molar refractivity (Wildman–Crippen MR) is 143 cm³/mol. The number of carbonyl (C=O) groups excluding carboxylic acids is 2. The first-order chi connectivity index (χ1) is 17.8. The summed E-state index contributed by atoms with van der Waals surface area (Å²) in [5.41, 5.74) is 2.46. The van der Waals surface area contributed by atoms with Gasteiger partial charge in [-0.1, -0.05) is 33.1 Å². The highest BCUT2D eigenvalue weighted by Gasteiger charge is 2.54. The summed E-state index contributed by atoms with van der Waals surface area (Å²) >= 11 is 0. The van der Waals surface area contributed by atoms with Crippen LogP contribution in [0.1, 0.15) is 63.4 Å². The Morgan fingerprint density at radius 3 is 2.57 bits per heavy atom. The summed E-state index contributed by atoms with van der Waals surface area (Å²) in [5.74, 6) is 1.02. The van der Waals surface area contributed by atoms with Crippen LogP contribution in [0.3, 0.4) is 0 Å². The highest BCUT2D eigenvalue weighted by Crippen LogP contribution is 2.58. The van der Waals surface area contributed by atoms with Crippen molar-refractivity contribution in [1.29, 1.82) is 0 Å². The van der Waals surface area contributed by atoms with Gasteiger partial charge < -0.3 is 10.6 Å². The summed E-state index contributed by atoms with van der Waals surface area (Å²) in [6, 6.07) is 4.95. The monoisotopic (exact) mass is 506 g/mol. The Bertz CT molecular complexity index is 1180. The van der Waals surface area contributed by atoms with E-state index in [1.54, 1.807) is 30.2 Å². The molecular formula is C28H40N7O2+. The van der Waals surface area contributed by atoms with Crippen molar-refractivity contribution in [2.75, 3.05) is 31.5 Å². The van der Waals surface area contributed by atoms with Crippen LogP contribution < -0.4 is 10.6 Å². The average molecular weight is 507 g/mol. The van der Waals surface area contributed by atoms with E-state index in [4.69, 9.17) is 0 Å². The van der Waals surface area contributed by atoms with Crippen LogP contribution in [0.4, 0.5) is 11.5 Å². The number of nitrogens with one attached hydrogen (secondary N) is 2. The Kier molecular flexibility index (Phi) is 7.16. The Balaban J connectivity index is 1.35. The standard InChI is InChI=1S/C28H39N7O2/c1-5-34-15-16-35(19(2)18-34)23-10-9-21(17-29-23)31-27(37)25(32-26(36)22-11-14-30-33(22)4)24(20-7-6-8-20)28(3)12-13-28/h9-11,14,17,20,24-25H,5-8,12-13,15-16,18H2,1-4H3,(H-,31,32,36,37)/p+1/t24?,25-/m0/s1. The number of nitrogens with zero attached hydrogens (tertiary/aromatic N) is 5. The van der Waals surface area contributed by atoms with Crippen LogP contribution in [-0.2, 0) is 11.8 Å². The van der Waals surface area contributed by atoms with Gasteiger partial charge in [-0.25, -0.2) is 4.58 Å². The molecule has 2 fully saturated rings. The normalized spacial score (nSPS) is 21.2. The lowest BCUT2D eigenvalue weighted by atomic mass is 9.66. The van der Waals surface area contributed by atoms with Crippen LogP contribution in [-0.4, -0.2) is 74.0 Å². The molecule has 0 radical (unpaired) electrons. The van der Waals surface area contributed by atoms with E-state index in [9.17, 15) is 9.59 Å². The average Bonchev–Trinajstić information content (AvgIpc) is 3.45. The molecule has 3 aliphatic rings. The second-order valence-corrected chi connectivity index (χ2v) is 11.3. The summed E-state index contributed by atoms with van der Waals surface area (Å²) in [7, 11) is 1.74. The number of likely N-dealkylation sites (N-methyl/N-ethyl adjacent to an activating group) is 1. The van der Waals surface area contributed by atoms with Crippen molar-refractivity contribution >= 4 is 29.0 Å². The van der Waals surface area contributed by atoms with Crippen LogP contribution in [0.2, 0.25) is 0 Å². The van der Waals surface area contributed by atoms with Gasteiger partial charge in [-0.15, -0.1) is 0 Å². The van der Waals surface area contributed by atoms with Crippen molar-refractivity contribution in [2.24, 2.45) is 24.3 Å². The van der Waals surface area contributed by atoms with Gasteiger partial charge in [0.05, 0.1) is 17.9 Å². The third kappa shape index (κ3) is 5.32. The van der Waals surface area contributed by atoms with Crippen LogP contribution in [0.25, 0.3) is 0 Å². The molecule has 2 atom stereocenters. The maximum atomic E-state index is 13.8. The van der Waals surface area contributed by atoms with Gasteiger partial charge in [0.1, 0.15) is 18.3 Å². The van der Waals surface area contributed by atoms with Crippen LogP contribution >= 0.6 is 0 Å². The molecule has 37 heavy (non-hydrogen) atoms. The second-order valence-electron chi connectivity index (χ2n) is 11.3. The molecule has 0 saturated heterocycles. The van der Waals surface area contributed by atoms with Gasteiger partial charge in [0.2, 0.25) is 5.91 Å². The predicted octanol–water partition coefficient (Wildman–Crippen LogP) is 3.21. The first-order valence-corrected chi connectivity index (χ1v) is 13.7. The number of pyridine rings is 1. The van der Waals surface area contributed by atoms with Gasteiger partial charge >= 0.3 is 5.82 Å². The van der Waals surface area contributed by atoms with E-state index < -0.39 is 6.04 Å². The number of hydrogen-bond donors (Lipinski definition) is 2. The fourth-order valence-corrected chi connectivity index (χ4v) is 6.04. The maximum absolute atomic E-state index is 13.8. The number of aryl methyl sites for hydroxylation is 1. The van der Waals surface area contributed by atoms with Crippen LogP contribution in [0.15, 0.2) is 30.6 Å². The van der Waals surface area contributed by atoms with E-state index in [-0.39, 0.29) is 23.1 Å². The van der Waals surface area contributed by atoms with Crippen LogP contribution in [0, 0.1) is 17.3 Å². The molecule has 3 heterocycles. The number of hydrogen-bond acceptors (Lipinski definition) is 5. The number of aromatic nitrogens is 3. The molecule has 0 aromatic carbocycles. The molecule has 2 N–H and O–H groups in total. The van der Waals surface area contributed by atoms with Gasteiger partial charge in [0, 0.05) is 25.9 Å². The molecule has 1 aliphatic heterocycles. The van der Waals surface area contributed by atoms with Crippen LogP contribution in [0.5, 0.6) is 0 Å². The SMILES string of the molecule is CCN1CC[N+](c2ccc(NC(=O)[C@@H](NC(=O)c3ccnn3C)C(C3CCC3)C3(C)CC3)cn2)=C(C)C1. The summed E-state index contributed by atoms with van der Waals surface area (Å²) in [5, 5.41) is 10.3. The van der Waals surface area contributed by atoms with Crippen molar-refractivity contribution in [1.82, 2.24) is 25.0 Å². The summed E-state index contributed by atoms with van der Waals surface area (Å²) in [6.07, 6.45) is 8.93. The molecule has 198 valence electrons. The zero-order valence-corrected chi connectivity index (χ0v) is 22.5. The molecule has 2 aliphatic carbocycles. The van der Waals surface area contributed by atoms with E-state index in [1.165, 1.54) is 12.1 Å². The molecule has 0 spiro atoms. The summed E-state index contributed by atoms with van der Waals surface area (Å²) in [4.78, 5) is 34.1. The molecule has 9 nitrogen and oxygen atoms in total. The lowest BCUT2D eigenvalue weighted by Crippen LogP contribution is -2.54. The van der Waals surface area contributed by atoms with Crippen molar-refractivity contribution in [2.45, 2.75) is 58.9 Å². The highest BCUT2D eigenvalue weighted by molar-refractivity contribution is 6.00. The fourth-order valence-electron chi connectivity index (χ4n) is 6.04. The van der Waals surface area contributed by atoms with Crippen molar-refractivity contribution in [3.05, 3.63) is 36.3 Å². The minimum absolute atomic E-state index is 0.0862. The lowest BCUT2D eigenvalue weighted by molar-refractivity contribution is -0.453. The number of rotatable bonds is 9. The zero-order chi connectivity index (χ0) is 26.2. The van der Waals surface area contributed by atoms with Gasteiger partial charge in [0.25, 0.3) is 5.91 Å². The van der Waals surface area contributed by atoms with Gasteiger partial charge in [-0.05, 0) is 60.7 Å². The Morgan fingerprint density at radius 1 is 1.24 bits per heavy atom. The molecule has 2 aromatic heterocycles. The van der Waals surface area contributed by atoms with E-state index in [1.807, 2.05) is 12.1 Å². The van der Waals surface area contributed by atoms with E-state index >= 15 is 0 Å². The largest absolute Gasteiger partial charge is 0.339 e. The smallest absolute Gasteiger partial charge is 0.323 e. The van der Waals surface area contributed by atoms with Gasteiger partial charge in [-0.2, -0.15) is 5.10 Å². The molecular weight excluding hydrogens is 466 g/mol. The summed E-state index contributed by atoms with van der Waals surface area (Å²) in [6.45, 7) is 10.5. The topological polar surface area (TPSA) is 95.2 Å². The quantitative estimate of drug-likeness (QED) is 0.510. The van der Waals surface area contributed by atoms with E-state index in [0.29, 0.717) is 17.3 Å². The highest BCUT2D eigenvalue weighted by atomic mass is 16.2. The van der Waals surface area contributed by atoms with Crippen molar-refractivity contribution in [3.63, 3.8) is 0 Å². The van der Waals surface area contributed by atoms with E-state index in [0.717, 1.165) is 57.7 Å². The van der Waals surface area contributed by atoms with Gasteiger partial charge in [0.15, 0.2) is 6.20 Å². The number of carbonyl (C=O) groups is 2. The third-order valence-electron chi connectivity index (χ3n) is 8.78. The molecule has 0 bridgehead atoms. The molecule has 2 amide bonds. The Labute approximate surface area is 219 Å². The number of anilines is 1. The molecule has 5 rings (SSSR count). The Morgan fingerprint density at radius 2 is 2.03 bits per heavy atom. The van der Waals surface area contributed by atoms with Gasteiger partial charge in [-0.3, -0.25) is 19.2 Å². The van der Waals surface area contributed by atoms with E-state index in [2.05, 4.69) is 51.0 Å². The van der Waals surface area contributed by atoms with Crippen molar-refractivity contribution < 1.29 is 14.2 Å². The number of amides is 2. The zero-order valence-electron chi connectivity index (χ0n) is 22.5. The summed E-state index contributed by atoms with van der Waals surface area (Å²) < 4.78 is 3.79.